The molecule has 2 bridgehead atoms. The third-order valence-corrected chi connectivity index (χ3v) is 8.72. The van der Waals surface area contributed by atoms with Crippen molar-refractivity contribution < 1.29 is 29.0 Å². The Morgan fingerprint density at radius 2 is 1.89 bits per heavy atom. The minimum Gasteiger partial charge on any atom is -0.465 e. The van der Waals surface area contributed by atoms with E-state index >= 15 is 0 Å². The highest BCUT2D eigenvalue weighted by Crippen LogP contribution is 2.64. The molecule has 8 nitrogen and oxygen atoms in total. The smallest absolute Gasteiger partial charge is 0.312 e. The highest BCUT2D eigenvalue weighted by Gasteiger charge is 2.79. The Kier molecular flexibility index (Phi) is 11.0. The molecule has 3 aliphatic heterocycles. The first kappa shape index (κ1) is 30.4. The zero-order chi connectivity index (χ0) is 27.8. The molecule has 3 aliphatic rings. The van der Waals surface area contributed by atoms with Gasteiger partial charge < -0.3 is 24.4 Å². The van der Waals surface area contributed by atoms with Crippen LogP contribution in [0.25, 0.3) is 0 Å². The molecule has 0 aliphatic carbocycles. The predicted molar refractivity (Wildman–Crippen MR) is 146 cm³/mol. The average molecular weight is 533 g/mol. The SMILES string of the molecule is C=CCCCOC(=O)[C@H]1[C@H]2C(=O)N(CCCCCCO)C(C(=O)N(CC=C)CCCC)C23CC[C@]1(CC)O3. The second-order valence-corrected chi connectivity index (χ2v) is 11.0. The van der Waals surface area contributed by atoms with Crippen LogP contribution in [0.4, 0.5) is 0 Å². The topological polar surface area (TPSA) is 96.4 Å². The fourth-order valence-corrected chi connectivity index (χ4v) is 6.80. The molecule has 8 heteroatoms. The number of aliphatic hydroxyl groups is 1. The second kappa shape index (κ2) is 13.7. The van der Waals surface area contributed by atoms with Crippen LogP contribution in [0.2, 0.25) is 0 Å². The summed E-state index contributed by atoms with van der Waals surface area (Å²) in [7, 11) is 0. The molecule has 38 heavy (non-hydrogen) atoms. The molecular weight excluding hydrogens is 484 g/mol. The van der Waals surface area contributed by atoms with Crippen molar-refractivity contribution in [2.75, 3.05) is 32.8 Å². The van der Waals surface area contributed by atoms with E-state index in [4.69, 9.17) is 14.6 Å². The standard InChI is InChI=1S/C30H48N2O6/c1-5-9-15-22-37-28(36)24-23-26(34)32(20-13-11-12-14-21-33)25(27(35)31(18-7-3)19-10-6-2)30(23)17-16-29(24,8-4)38-30/h5,7,23-25,33H,1,3,6,8-22H2,2,4H3/t23-,24+,25?,29-,30?/m0/s1. The highest BCUT2D eigenvalue weighted by atomic mass is 16.6. The zero-order valence-corrected chi connectivity index (χ0v) is 23.5. The first-order valence-corrected chi connectivity index (χ1v) is 14.7. The fraction of sp³-hybridized carbons (Fsp3) is 0.767. The lowest BCUT2D eigenvalue weighted by molar-refractivity contribution is -0.162. The number of carbonyl (C=O) groups is 3. The number of allylic oxidation sites excluding steroid dienone is 1. The normalized spacial score (nSPS) is 29.4. The van der Waals surface area contributed by atoms with Gasteiger partial charge in [0.2, 0.25) is 11.8 Å². The number of hydrogen-bond donors (Lipinski definition) is 1. The van der Waals surface area contributed by atoms with E-state index in [1.165, 1.54) is 0 Å². The van der Waals surface area contributed by atoms with Crippen molar-refractivity contribution in [3.05, 3.63) is 25.3 Å². The van der Waals surface area contributed by atoms with Crippen molar-refractivity contribution in [2.45, 2.75) is 102 Å². The van der Waals surface area contributed by atoms with Crippen LogP contribution in [0.3, 0.4) is 0 Å². The number of esters is 1. The maximum Gasteiger partial charge on any atom is 0.312 e. The monoisotopic (exact) mass is 532 g/mol. The largest absolute Gasteiger partial charge is 0.465 e. The molecule has 0 aromatic carbocycles. The van der Waals surface area contributed by atoms with Gasteiger partial charge in [-0.05, 0) is 51.4 Å². The fourth-order valence-electron chi connectivity index (χ4n) is 6.80. The van der Waals surface area contributed by atoms with E-state index in [-0.39, 0.29) is 31.0 Å². The summed E-state index contributed by atoms with van der Waals surface area (Å²) in [4.78, 5) is 45.4. The van der Waals surface area contributed by atoms with Crippen molar-refractivity contribution in [1.29, 1.82) is 0 Å². The van der Waals surface area contributed by atoms with Gasteiger partial charge >= 0.3 is 5.97 Å². The lowest BCUT2D eigenvalue weighted by atomic mass is 9.65. The summed E-state index contributed by atoms with van der Waals surface area (Å²) in [6, 6.07) is -0.762. The highest BCUT2D eigenvalue weighted by molar-refractivity contribution is 5.98. The molecule has 0 aromatic heterocycles. The Morgan fingerprint density at radius 1 is 1.13 bits per heavy atom. The van der Waals surface area contributed by atoms with Gasteiger partial charge in [-0.25, -0.2) is 0 Å². The Labute approximate surface area is 228 Å². The molecule has 2 unspecified atom stereocenters. The van der Waals surface area contributed by atoms with Crippen LogP contribution < -0.4 is 0 Å². The van der Waals surface area contributed by atoms with E-state index in [0.717, 1.165) is 44.9 Å². The van der Waals surface area contributed by atoms with Crippen LogP contribution in [0.15, 0.2) is 25.3 Å². The first-order valence-electron chi connectivity index (χ1n) is 14.7. The third kappa shape index (κ3) is 5.71. The summed E-state index contributed by atoms with van der Waals surface area (Å²) in [5.41, 5.74) is -1.81. The number of likely N-dealkylation sites (tertiary alicyclic amines) is 1. The molecule has 5 atom stereocenters. The molecule has 214 valence electrons. The van der Waals surface area contributed by atoms with Crippen LogP contribution in [0, 0.1) is 11.8 Å². The molecule has 1 spiro atoms. The van der Waals surface area contributed by atoms with Gasteiger partial charge in [-0.3, -0.25) is 14.4 Å². The van der Waals surface area contributed by atoms with Crippen molar-refractivity contribution in [3.8, 4) is 0 Å². The Hall–Kier alpha value is -2.19. The van der Waals surface area contributed by atoms with Crippen molar-refractivity contribution >= 4 is 17.8 Å². The molecular formula is C30H48N2O6. The Balaban J connectivity index is 1.95. The summed E-state index contributed by atoms with van der Waals surface area (Å²) in [6.45, 7) is 13.5. The average Bonchev–Trinajstić information content (AvgIpc) is 3.52. The molecule has 0 aromatic rings. The third-order valence-electron chi connectivity index (χ3n) is 8.72. The summed E-state index contributed by atoms with van der Waals surface area (Å²) < 4.78 is 12.5. The number of rotatable bonds is 18. The van der Waals surface area contributed by atoms with E-state index in [2.05, 4.69) is 20.1 Å². The maximum atomic E-state index is 14.2. The van der Waals surface area contributed by atoms with Crippen LogP contribution in [-0.2, 0) is 23.9 Å². The van der Waals surface area contributed by atoms with E-state index in [1.807, 2.05) is 6.92 Å². The number of ether oxygens (including phenoxy) is 2. The van der Waals surface area contributed by atoms with Crippen LogP contribution in [0.5, 0.6) is 0 Å². The van der Waals surface area contributed by atoms with Gasteiger partial charge in [0.25, 0.3) is 0 Å². The molecule has 0 radical (unpaired) electrons. The van der Waals surface area contributed by atoms with Gasteiger partial charge in [0.1, 0.15) is 17.6 Å². The molecule has 1 N–H and O–H groups in total. The van der Waals surface area contributed by atoms with Gasteiger partial charge in [0, 0.05) is 26.2 Å². The molecule has 2 amide bonds. The number of aliphatic hydroxyl groups excluding tert-OH is 1. The molecule has 3 heterocycles. The van der Waals surface area contributed by atoms with Gasteiger partial charge in [-0.15, -0.1) is 13.2 Å². The molecule has 3 rings (SSSR count). The van der Waals surface area contributed by atoms with Gasteiger partial charge in [-0.2, -0.15) is 0 Å². The Bertz CT molecular complexity index is 862. The van der Waals surface area contributed by atoms with E-state index < -0.39 is 29.1 Å². The summed E-state index contributed by atoms with van der Waals surface area (Å²) in [5.74, 6) is -2.10. The van der Waals surface area contributed by atoms with Gasteiger partial charge in [0.15, 0.2) is 0 Å². The number of hydrogen-bond acceptors (Lipinski definition) is 6. The number of nitrogens with zero attached hydrogens (tertiary/aromatic N) is 2. The van der Waals surface area contributed by atoms with E-state index in [0.29, 0.717) is 45.3 Å². The number of amides is 2. The number of fused-ring (bicyclic) bond motifs is 1. The van der Waals surface area contributed by atoms with Crippen LogP contribution in [-0.4, -0.2) is 82.8 Å². The first-order chi connectivity index (χ1) is 18.4. The van der Waals surface area contributed by atoms with E-state index in [9.17, 15) is 14.4 Å². The number of carbonyl (C=O) groups excluding carboxylic acids is 3. The summed E-state index contributed by atoms with van der Waals surface area (Å²) in [6.07, 6.45) is 11.7. The van der Waals surface area contributed by atoms with Crippen molar-refractivity contribution in [3.63, 3.8) is 0 Å². The quantitative estimate of drug-likeness (QED) is 0.163. The molecule has 3 saturated heterocycles. The van der Waals surface area contributed by atoms with Crippen LogP contribution >= 0.6 is 0 Å². The summed E-state index contributed by atoms with van der Waals surface area (Å²) >= 11 is 0. The number of unbranched alkanes of at least 4 members (excludes halogenated alkanes) is 5. The van der Waals surface area contributed by atoms with Crippen molar-refractivity contribution in [2.24, 2.45) is 11.8 Å². The lowest BCUT2D eigenvalue weighted by Crippen LogP contribution is -2.56. The Morgan fingerprint density at radius 3 is 2.55 bits per heavy atom. The zero-order valence-electron chi connectivity index (χ0n) is 23.5. The van der Waals surface area contributed by atoms with Gasteiger partial charge in [0.05, 0.1) is 18.1 Å². The van der Waals surface area contributed by atoms with Gasteiger partial charge in [-0.1, -0.05) is 45.3 Å². The van der Waals surface area contributed by atoms with Crippen LogP contribution in [0.1, 0.15) is 84.5 Å². The minimum absolute atomic E-state index is 0.114. The molecule has 0 saturated carbocycles. The minimum atomic E-state index is -1.02. The lowest BCUT2D eigenvalue weighted by Gasteiger charge is -2.37. The van der Waals surface area contributed by atoms with Crippen molar-refractivity contribution in [1.82, 2.24) is 9.80 Å². The molecule has 3 fully saturated rings. The summed E-state index contributed by atoms with van der Waals surface area (Å²) in [5, 5.41) is 9.13. The maximum absolute atomic E-state index is 14.2. The van der Waals surface area contributed by atoms with E-state index in [1.54, 1.807) is 22.0 Å². The second-order valence-electron chi connectivity index (χ2n) is 11.0. The predicted octanol–water partition coefficient (Wildman–Crippen LogP) is 4.02.